The molecule has 4 saturated heterocycles. The summed E-state index contributed by atoms with van der Waals surface area (Å²) in [6.45, 7) is 2.84. The molecule has 0 radical (unpaired) electrons. The first kappa shape index (κ1) is 27.1. The molecule has 12 heteroatoms. The molecule has 2 amide bonds. The Balaban J connectivity index is 1.30. The normalized spacial score (nSPS) is 37.5. The maximum absolute atomic E-state index is 15.4. The van der Waals surface area contributed by atoms with E-state index in [1.165, 1.54) is 6.42 Å². The van der Waals surface area contributed by atoms with Crippen molar-refractivity contribution in [2.45, 2.75) is 93.8 Å². The maximum Gasteiger partial charge on any atom is 0.229 e. The molecule has 0 aromatic rings. The summed E-state index contributed by atoms with van der Waals surface area (Å²) in [6, 6.07) is -0.680. The Morgan fingerprint density at radius 2 is 1.78 bits per heavy atom. The van der Waals surface area contributed by atoms with E-state index in [1.54, 1.807) is 0 Å². The van der Waals surface area contributed by atoms with Gasteiger partial charge in [-0.15, -0.1) is 0 Å². The van der Waals surface area contributed by atoms with Gasteiger partial charge in [-0.2, -0.15) is 0 Å². The van der Waals surface area contributed by atoms with Crippen LogP contribution in [0.15, 0.2) is 0 Å². The maximum atomic E-state index is 15.4. The molecule has 5 aliphatic rings. The fourth-order valence-corrected chi connectivity index (χ4v) is 7.35. The third kappa shape index (κ3) is 5.79. The molecule has 10 nitrogen and oxygen atoms in total. The largest absolute Gasteiger partial charge is 0.350 e. The average Bonchev–Trinajstić information content (AvgIpc) is 3.25. The number of nitrogens with zero attached hydrogens (tertiary/aromatic N) is 3. The lowest BCUT2D eigenvalue weighted by Crippen LogP contribution is -2.71. The van der Waals surface area contributed by atoms with Crippen LogP contribution in [0.3, 0.4) is 0 Å². The fourth-order valence-electron chi connectivity index (χ4n) is 7.35. The van der Waals surface area contributed by atoms with Crippen molar-refractivity contribution in [1.82, 2.24) is 30.7 Å². The van der Waals surface area contributed by atoms with Crippen molar-refractivity contribution >= 4 is 11.8 Å². The molecular formula is C25H44F2N8O2. The van der Waals surface area contributed by atoms with E-state index in [0.29, 0.717) is 32.6 Å². The van der Waals surface area contributed by atoms with E-state index in [-0.39, 0.29) is 43.5 Å². The highest BCUT2D eigenvalue weighted by atomic mass is 19.1. The second kappa shape index (κ2) is 11.7. The van der Waals surface area contributed by atoms with Crippen molar-refractivity contribution in [3.05, 3.63) is 0 Å². The van der Waals surface area contributed by atoms with E-state index in [1.807, 2.05) is 4.90 Å². The molecule has 7 unspecified atom stereocenters. The number of nitrogens with two attached hydrogens (primary N) is 2. The van der Waals surface area contributed by atoms with Crippen LogP contribution in [0.2, 0.25) is 0 Å². The van der Waals surface area contributed by atoms with Crippen molar-refractivity contribution in [1.29, 1.82) is 0 Å². The SMILES string of the molecule is NC(N)C(C(=O)NC1CNCC(F)C1N1CCN2C(=O)CCC2C1)C1NCC(F)CN1C1CCCCC1. The smallest absolute Gasteiger partial charge is 0.229 e. The topological polar surface area (TPSA) is 132 Å². The Kier molecular flexibility index (Phi) is 8.62. The lowest BCUT2D eigenvalue weighted by Gasteiger charge is -2.49. The molecule has 0 aromatic heterocycles. The first-order valence-electron chi connectivity index (χ1n) is 14.2. The van der Waals surface area contributed by atoms with E-state index in [9.17, 15) is 14.0 Å². The number of piperidine rings is 1. The van der Waals surface area contributed by atoms with Crippen LogP contribution in [0, 0.1) is 5.92 Å². The van der Waals surface area contributed by atoms with E-state index >= 15 is 4.39 Å². The molecule has 210 valence electrons. The highest BCUT2D eigenvalue weighted by molar-refractivity contribution is 5.80. The first-order chi connectivity index (χ1) is 17.8. The Hall–Kier alpha value is -1.44. The second-order valence-electron chi connectivity index (χ2n) is 11.6. The number of piperazine rings is 1. The van der Waals surface area contributed by atoms with Gasteiger partial charge in [-0.1, -0.05) is 19.3 Å². The van der Waals surface area contributed by atoms with Crippen LogP contribution in [0.25, 0.3) is 0 Å². The fraction of sp³-hybridized carbons (Fsp3) is 0.920. The van der Waals surface area contributed by atoms with Gasteiger partial charge >= 0.3 is 0 Å². The zero-order valence-electron chi connectivity index (χ0n) is 21.7. The Morgan fingerprint density at radius 3 is 2.54 bits per heavy atom. The Labute approximate surface area is 218 Å². The molecule has 0 bridgehead atoms. The lowest BCUT2D eigenvalue weighted by molar-refractivity contribution is -0.133. The number of hydrogen-bond acceptors (Lipinski definition) is 8. The van der Waals surface area contributed by atoms with Gasteiger partial charge < -0.3 is 27.0 Å². The minimum atomic E-state index is -1.16. The molecule has 5 rings (SSSR count). The van der Waals surface area contributed by atoms with E-state index in [4.69, 9.17) is 11.5 Å². The summed E-state index contributed by atoms with van der Waals surface area (Å²) in [6.07, 6.45) is 3.01. The first-order valence-corrected chi connectivity index (χ1v) is 14.2. The molecule has 7 atom stereocenters. The van der Waals surface area contributed by atoms with Crippen LogP contribution in [0.5, 0.6) is 0 Å². The molecule has 1 saturated carbocycles. The molecule has 0 aromatic carbocycles. The number of hydrogen-bond donors (Lipinski definition) is 5. The summed E-state index contributed by atoms with van der Waals surface area (Å²) in [7, 11) is 0. The Morgan fingerprint density at radius 1 is 1.00 bits per heavy atom. The number of nitrogens with one attached hydrogen (secondary N) is 3. The minimum absolute atomic E-state index is 0.106. The van der Waals surface area contributed by atoms with E-state index in [2.05, 4.69) is 25.8 Å². The third-order valence-corrected chi connectivity index (χ3v) is 9.18. The van der Waals surface area contributed by atoms with Crippen molar-refractivity contribution in [2.75, 3.05) is 45.8 Å². The summed E-state index contributed by atoms with van der Waals surface area (Å²) in [4.78, 5) is 32.0. The summed E-state index contributed by atoms with van der Waals surface area (Å²) >= 11 is 0. The molecule has 4 aliphatic heterocycles. The van der Waals surface area contributed by atoms with Crippen LogP contribution >= 0.6 is 0 Å². The predicted molar refractivity (Wildman–Crippen MR) is 136 cm³/mol. The van der Waals surface area contributed by atoms with Crippen LogP contribution < -0.4 is 27.4 Å². The number of carbonyl (C=O) groups is 2. The molecule has 37 heavy (non-hydrogen) atoms. The van der Waals surface area contributed by atoms with Crippen LogP contribution in [0.1, 0.15) is 44.9 Å². The van der Waals surface area contributed by atoms with Gasteiger partial charge in [0.25, 0.3) is 0 Å². The summed E-state index contributed by atoms with van der Waals surface area (Å²) in [5.74, 6) is -0.958. The van der Waals surface area contributed by atoms with Gasteiger partial charge in [-0.3, -0.25) is 24.7 Å². The molecule has 7 N–H and O–H groups in total. The summed E-state index contributed by atoms with van der Waals surface area (Å²) in [5, 5.41) is 9.42. The van der Waals surface area contributed by atoms with Crippen LogP contribution in [-0.4, -0.2) is 121 Å². The predicted octanol–water partition coefficient (Wildman–Crippen LogP) is -1.15. The highest BCUT2D eigenvalue weighted by Crippen LogP contribution is 2.30. The average molecular weight is 527 g/mol. The van der Waals surface area contributed by atoms with Crippen molar-refractivity contribution in [3.63, 3.8) is 0 Å². The third-order valence-electron chi connectivity index (χ3n) is 9.18. The van der Waals surface area contributed by atoms with Crippen LogP contribution in [0.4, 0.5) is 8.78 Å². The number of fused-ring (bicyclic) bond motifs is 1. The number of carbonyl (C=O) groups excluding carboxylic acids is 2. The van der Waals surface area contributed by atoms with E-state index in [0.717, 1.165) is 32.1 Å². The van der Waals surface area contributed by atoms with E-state index < -0.39 is 42.7 Å². The molecular weight excluding hydrogens is 482 g/mol. The minimum Gasteiger partial charge on any atom is -0.350 e. The van der Waals surface area contributed by atoms with Crippen molar-refractivity contribution in [3.8, 4) is 0 Å². The molecule has 5 fully saturated rings. The summed E-state index contributed by atoms with van der Waals surface area (Å²) < 4.78 is 29.8. The van der Waals surface area contributed by atoms with Crippen molar-refractivity contribution in [2.24, 2.45) is 17.4 Å². The molecule has 1 aliphatic carbocycles. The van der Waals surface area contributed by atoms with Gasteiger partial charge in [-0.25, -0.2) is 8.78 Å². The van der Waals surface area contributed by atoms with Crippen LogP contribution in [-0.2, 0) is 9.59 Å². The zero-order valence-corrected chi connectivity index (χ0v) is 21.7. The number of halogens is 2. The zero-order chi connectivity index (χ0) is 26.1. The lowest BCUT2D eigenvalue weighted by atomic mass is 9.89. The number of alkyl halides is 2. The standard InChI is InChI=1S/C25H44F2N8O2/c26-15-10-31-24(35(13-15)16-4-2-1-3-5-16)21(23(28)29)25(37)32-19-12-30-11-18(27)22(19)33-8-9-34-17(14-33)6-7-20(34)36/h15-19,21-24,30-31H,1-14,28-29H2,(H,32,37). The van der Waals surface area contributed by atoms with Gasteiger partial charge in [0.05, 0.1) is 30.3 Å². The van der Waals surface area contributed by atoms with Gasteiger partial charge in [0.15, 0.2) is 0 Å². The number of amides is 2. The second-order valence-corrected chi connectivity index (χ2v) is 11.6. The molecule has 0 spiro atoms. The van der Waals surface area contributed by atoms with Crippen molar-refractivity contribution < 1.29 is 18.4 Å². The number of rotatable bonds is 6. The highest BCUT2D eigenvalue weighted by Gasteiger charge is 2.46. The quantitative estimate of drug-likeness (QED) is 0.274. The summed E-state index contributed by atoms with van der Waals surface area (Å²) in [5.41, 5.74) is 12.4. The monoisotopic (exact) mass is 526 g/mol. The molecule has 4 heterocycles. The van der Waals surface area contributed by atoms with Gasteiger partial charge in [0, 0.05) is 64.3 Å². The van der Waals surface area contributed by atoms with Gasteiger partial charge in [-0.05, 0) is 19.3 Å². The Bertz CT molecular complexity index is 816. The van der Waals surface area contributed by atoms with Gasteiger partial charge in [0.1, 0.15) is 12.3 Å². The van der Waals surface area contributed by atoms with Gasteiger partial charge in [0.2, 0.25) is 11.8 Å².